The van der Waals surface area contributed by atoms with Crippen molar-refractivity contribution in [3.05, 3.63) is 69.0 Å². The fraction of sp³-hybridized carbons (Fsp3) is 0.130. The molecule has 1 N–H and O–H groups in total. The van der Waals surface area contributed by atoms with Gasteiger partial charge in [0.2, 0.25) is 17.1 Å². The summed E-state index contributed by atoms with van der Waals surface area (Å²) in [5, 5.41) is 4.93. The third kappa shape index (κ3) is 3.73. The molecule has 0 fully saturated rings. The van der Waals surface area contributed by atoms with Crippen LogP contribution in [0.5, 0.6) is 17.2 Å². The molecule has 0 aliphatic heterocycles. The predicted octanol–water partition coefficient (Wildman–Crippen LogP) is 4.80. The van der Waals surface area contributed by atoms with Crippen molar-refractivity contribution in [1.29, 1.82) is 0 Å². The zero-order valence-corrected chi connectivity index (χ0v) is 17.9. The maximum atomic E-state index is 13.4. The van der Waals surface area contributed by atoms with E-state index in [-0.39, 0.29) is 22.8 Å². The van der Waals surface area contributed by atoms with Crippen molar-refractivity contribution >= 4 is 34.1 Å². The molecule has 158 valence electrons. The van der Waals surface area contributed by atoms with Crippen LogP contribution in [0, 0.1) is 0 Å². The van der Waals surface area contributed by atoms with Crippen LogP contribution in [0.25, 0.3) is 22.1 Å². The summed E-state index contributed by atoms with van der Waals surface area (Å²) in [6.45, 7) is 0. The molecule has 4 rings (SSSR count). The maximum Gasteiger partial charge on any atom is 0.268 e. The maximum absolute atomic E-state index is 13.4. The Balaban J connectivity index is 1.97. The first-order chi connectivity index (χ1) is 15.1. The van der Waals surface area contributed by atoms with Gasteiger partial charge in [-0.3, -0.25) is 14.9 Å². The van der Waals surface area contributed by atoms with E-state index in [1.54, 1.807) is 53.9 Å². The number of para-hydroxylation sites is 1. The Kier molecular flexibility index (Phi) is 5.64. The summed E-state index contributed by atoms with van der Waals surface area (Å²) in [5.41, 5.74) is 0.709. The number of carbonyl (C=O) groups is 1. The van der Waals surface area contributed by atoms with E-state index in [0.717, 1.165) is 0 Å². The van der Waals surface area contributed by atoms with Crippen molar-refractivity contribution in [2.24, 2.45) is 0 Å². The standard InChI is InChI=1S/C23H19NO6S/c1-27-16-11-13(12-17(28-2)21(16)29-3)19-20(25)14-7-4-5-8-15(14)30-23(19)24-22(26)18-9-6-10-31-18/h4-12H,1-3H3,(H,24,26). The van der Waals surface area contributed by atoms with Crippen LogP contribution in [0.3, 0.4) is 0 Å². The number of benzene rings is 2. The Morgan fingerprint density at radius 2 is 1.68 bits per heavy atom. The number of fused-ring (bicyclic) bond motifs is 1. The molecule has 0 aliphatic carbocycles. The molecule has 2 aromatic heterocycles. The number of thiophene rings is 1. The average Bonchev–Trinajstić information content (AvgIpc) is 3.33. The Morgan fingerprint density at radius 1 is 0.968 bits per heavy atom. The first-order valence-electron chi connectivity index (χ1n) is 9.28. The minimum absolute atomic E-state index is 0.0383. The highest BCUT2D eigenvalue weighted by Crippen LogP contribution is 2.42. The predicted molar refractivity (Wildman–Crippen MR) is 120 cm³/mol. The Morgan fingerprint density at radius 3 is 2.29 bits per heavy atom. The number of rotatable bonds is 6. The quantitative estimate of drug-likeness (QED) is 0.466. The van der Waals surface area contributed by atoms with Crippen molar-refractivity contribution in [3.8, 4) is 28.4 Å². The van der Waals surface area contributed by atoms with Gasteiger partial charge in [-0.2, -0.15) is 0 Å². The second kappa shape index (κ2) is 8.53. The fourth-order valence-electron chi connectivity index (χ4n) is 3.29. The summed E-state index contributed by atoms with van der Waals surface area (Å²) in [5.74, 6) is 0.807. The van der Waals surface area contributed by atoms with Crippen LogP contribution in [-0.2, 0) is 0 Å². The van der Waals surface area contributed by atoms with Gasteiger partial charge >= 0.3 is 0 Å². The molecule has 2 heterocycles. The number of ether oxygens (including phenoxy) is 3. The fourth-order valence-corrected chi connectivity index (χ4v) is 3.91. The van der Waals surface area contributed by atoms with E-state index in [1.807, 2.05) is 0 Å². The lowest BCUT2D eigenvalue weighted by molar-refractivity contribution is 0.102. The molecule has 0 radical (unpaired) electrons. The van der Waals surface area contributed by atoms with Crippen molar-refractivity contribution < 1.29 is 23.4 Å². The lowest BCUT2D eigenvalue weighted by Crippen LogP contribution is -2.15. The van der Waals surface area contributed by atoms with Gasteiger partial charge in [0.05, 0.1) is 37.2 Å². The van der Waals surface area contributed by atoms with Crippen LogP contribution < -0.4 is 25.0 Å². The molecule has 1 amide bonds. The van der Waals surface area contributed by atoms with Gasteiger partial charge in [0.1, 0.15) is 5.58 Å². The molecule has 0 aliphatic rings. The van der Waals surface area contributed by atoms with Crippen LogP contribution in [0.15, 0.2) is 63.1 Å². The number of carbonyl (C=O) groups excluding carboxylic acids is 1. The molecule has 31 heavy (non-hydrogen) atoms. The summed E-state index contributed by atoms with van der Waals surface area (Å²) < 4.78 is 22.2. The van der Waals surface area contributed by atoms with Gasteiger partial charge < -0.3 is 18.6 Å². The van der Waals surface area contributed by atoms with Crippen LogP contribution in [0.1, 0.15) is 9.67 Å². The molecular weight excluding hydrogens is 418 g/mol. The molecule has 0 bridgehead atoms. The van der Waals surface area contributed by atoms with E-state index in [1.165, 1.54) is 32.7 Å². The molecule has 0 atom stereocenters. The van der Waals surface area contributed by atoms with E-state index in [9.17, 15) is 9.59 Å². The molecule has 2 aromatic carbocycles. The second-order valence-corrected chi connectivity index (χ2v) is 7.42. The third-order valence-corrected chi connectivity index (χ3v) is 5.59. The Labute approximate surface area is 181 Å². The number of hydrogen-bond acceptors (Lipinski definition) is 7. The van der Waals surface area contributed by atoms with E-state index in [2.05, 4.69) is 5.32 Å². The molecule has 0 spiro atoms. The molecule has 4 aromatic rings. The summed E-state index contributed by atoms with van der Waals surface area (Å²) in [4.78, 5) is 26.7. The number of amides is 1. The first kappa shape index (κ1) is 20.5. The van der Waals surface area contributed by atoms with Gasteiger partial charge in [-0.15, -0.1) is 11.3 Å². The molecule has 0 unspecified atom stereocenters. The summed E-state index contributed by atoms with van der Waals surface area (Å²) in [6, 6.07) is 13.6. The minimum Gasteiger partial charge on any atom is -0.493 e. The van der Waals surface area contributed by atoms with Crippen LogP contribution in [0.4, 0.5) is 5.88 Å². The number of hydrogen-bond donors (Lipinski definition) is 1. The Hall–Kier alpha value is -3.78. The van der Waals surface area contributed by atoms with Crippen molar-refractivity contribution in [2.45, 2.75) is 0 Å². The lowest BCUT2D eigenvalue weighted by atomic mass is 10.0. The summed E-state index contributed by atoms with van der Waals surface area (Å²) >= 11 is 1.29. The van der Waals surface area contributed by atoms with Gasteiger partial charge in [0.25, 0.3) is 5.91 Å². The van der Waals surface area contributed by atoms with Gasteiger partial charge in [0.15, 0.2) is 11.5 Å². The normalized spacial score (nSPS) is 10.7. The number of anilines is 1. The van der Waals surface area contributed by atoms with E-state index in [4.69, 9.17) is 18.6 Å². The van der Waals surface area contributed by atoms with Gasteiger partial charge in [-0.25, -0.2) is 0 Å². The molecule has 7 nitrogen and oxygen atoms in total. The van der Waals surface area contributed by atoms with E-state index < -0.39 is 0 Å². The molecule has 0 saturated heterocycles. The number of methoxy groups -OCH3 is 3. The smallest absolute Gasteiger partial charge is 0.268 e. The SMILES string of the molecule is COc1cc(-c2c(NC(=O)c3cccs3)oc3ccccc3c2=O)cc(OC)c1OC. The molecule has 0 saturated carbocycles. The molecular formula is C23H19NO6S. The average molecular weight is 437 g/mol. The highest BCUT2D eigenvalue weighted by atomic mass is 32.1. The van der Waals surface area contributed by atoms with Gasteiger partial charge in [-0.05, 0) is 41.3 Å². The zero-order chi connectivity index (χ0) is 22.0. The van der Waals surface area contributed by atoms with Crippen LogP contribution >= 0.6 is 11.3 Å². The largest absolute Gasteiger partial charge is 0.493 e. The van der Waals surface area contributed by atoms with Crippen molar-refractivity contribution in [1.82, 2.24) is 0 Å². The van der Waals surface area contributed by atoms with Crippen LogP contribution in [0.2, 0.25) is 0 Å². The molecule has 8 heteroatoms. The van der Waals surface area contributed by atoms with Crippen LogP contribution in [-0.4, -0.2) is 27.2 Å². The second-order valence-electron chi connectivity index (χ2n) is 6.48. The highest BCUT2D eigenvalue weighted by Gasteiger charge is 2.22. The van der Waals surface area contributed by atoms with E-state index in [0.29, 0.717) is 38.7 Å². The highest BCUT2D eigenvalue weighted by molar-refractivity contribution is 7.12. The number of nitrogens with one attached hydrogen (secondary N) is 1. The monoisotopic (exact) mass is 437 g/mol. The topological polar surface area (TPSA) is 87.0 Å². The third-order valence-electron chi connectivity index (χ3n) is 4.72. The van der Waals surface area contributed by atoms with Gasteiger partial charge in [0, 0.05) is 0 Å². The van der Waals surface area contributed by atoms with Crippen molar-refractivity contribution in [2.75, 3.05) is 26.6 Å². The van der Waals surface area contributed by atoms with Gasteiger partial charge in [-0.1, -0.05) is 18.2 Å². The lowest BCUT2D eigenvalue weighted by Gasteiger charge is -2.16. The van der Waals surface area contributed by atoms with Crippen molar-refractivity contribution in [3.63, 3.8) is 0 Å². The Bertz CT molecular complexity index is 1280. The minimum atomic E-state index is -0.373. The van der Waals surface area contributed by atoms with E-state index >= 15 is 0 Å². The summed E-state index contributed by atoms with van der Waals surface area (Å²) in [7, 11) is 4.48. The first-order valence-corrected chi connectivity index (χ1v) is 10.2. The summed E-state index contributed by atoms with van der Waals surface area (Å²) in [6.07, 6.45) is 0. The zero-order valence-electron chi connectivity index (χ0n) is 17.1.